The van der Waals surface area contributed by atoms with E-state index in [1.54, 1.807) is 0 Å². The molecule has 0 aliphatic heterocycles. The number of hydrogen-bond donors (Lipinski definition) is 1. The fraction of sp³-hybridized carbons (Fsp3) is 1.00. The molecule has 0 rings (SSSR count). The average molecular weight is 160 g/mol. The molecule has 1 N–H and O–H groups in total. The smallest absolute Gasteiger partial charge is 0.190 e. The van der Waals surface area contributed by atoms with Gasteiger partial charge < -0.3 is 9.59 Å². The van der Waals surface area contributed by atoms with Gasteiger partial charge in [0.15, 0.2) is 6.23 Å². The van der Waals surface area contributed by atoms with E-state index < -0.39 is 0 Å². The highest BCUT2D eigenvalue weighted by atomic mass is 16.3. The standard InChI is InChI=1S/C9H22NO/c1-6-8(2)7-9(11)10(3,4)5/h8-9,11H,6-7H2,1-5H3/q+1. The predicted molar refractivity (Wildman–Crippen MR) is 48.1 cm³/mol. The molecule has 0 saturated carbocycles. The first-order chi connectivity index (χ1) is 4.88. The van der Waals surface area contributed by atoms with E-state index in [0.717, 1.165) is 12.8 Å². The molecule has 0 aromatic carbocycles. The second-order valence-electron chi connectivity index (χ2n) is 4.35. The molecule has 0 saturated heterocycles. The molecule has 2 unspecified atom stereocenters. The Bertz CT molecular complexity index is 107. The molecule has 0 fully saturated rings. The first kappa shape index (κ1) is 10.9. The van der Waals surface area contributed by atoms with Gasteiger partial charge in [0.05, 0.1) is 21.1 Å². The summed E-state index contributed by atoms with van der Waals surface area (Å²) in [5.74, 6) is 0.627. The maximum Gasteiger partial charge on any atom is 0.190 e. The zero-order valence-electron chi connectivity index (χ0n) is 8.46. The third kappa shape index (κ3) is 4.38. The Morgan fingerprint density at radius 3 is 2.00 bits per heavy atom. The summed E-state index contributed by atoms with van der Waals surface area (Å²) in [6.07, 6.45) is 1.83. The van der Waals surface area contributed by atoms with Crippen LogP contribution in [-0.4, -0.2) is 37.0 Å². The molecule has 68 valence electrons. The van der Waals surface area contributed by atoms with Gasteiger partial charge in [0, 0.05) is 6.42 Å². The lowest BCUT2D eigenvalue weighted by Gasteiger charge is -2.31. The van der Waals surface area contributed by atoms with Gasteiger partial charge in [-0.2, -0.15) is 0 Å². The van der Waals surface area contributed by atoms with Crippen molar-refractivity contribution in [1.82, 2.24) is 0 Å². The minimum Gasteiger partial charge on any atom is -0.345 e. The van der Waals surface area contributed by atoms with E-state index in [1.807, 2.05) is 21.1 Å². The van der Waals surface area contributed by atoms with E-state index in [4.69, 9.17) is 0 Å². The van der Waals surface area contributed by atoms with Crippen LogP contribution in [0.4, 0.5) is 0 Å². The molecule has 0 radical (unpaired) electrons. The molecule has 0 amide bonds. The normalized spacial score (nSPS) is 18.0. The van der Waals surface area contributed by atoms with Crippen molar-refractivity contribution in [3.8, 4) is 0 Å². The van der Waals surface area contributed by atoms with Crippen molar-refractivity contribution < 1.29 is 9.59 Å². The summed E-state index contributed by atoms with van der Waals surface area (Å²) >= 11 is 0. The summed E-state index contributed by atoms with van der Waals surface area (Å²) in [5, 5.41) is 9.66. The lowest BCUT2D eigenvalue weighted by atomic mass is 10.0. The van der Waals surface area contributed by atoms with Crippen LogP contribution in [0.15, 0.2) is 0 Å². The molecule has 0 aliphatic rings. The number of aliphatic hydroxyl groups is 1. The van der Waals surface area contributed by atoms with E-state index in [1.165, 1.54) is 0 Å². The lowest BCUT2D eigenvalue weighted by molar-refractivity contribution is -0.919. The molecule has 0 aliphatic carbocycles. The number of nitrogens with zero attached hydrogens (tertiary/aromatic N) is 1. The second kappa shape index (κ2) is 4.07. The molecule has 0 aromatic heterocycles. The van der Waals surface area contributed by atoms with E-state index in [-0.39, 0.29) is 6.23 Å². The van der Waals surface area contributed by atoms with Gasteiger partial charge in [-0.05, 0) is 5.92 Å². The van der Waals surface area contributed by atoms with Gasteiger partial charge in [0.25, 0.3) is 0 Å². The maximum absolute atomic E-state index is 9.66. The molecule has 0 spiro atoms. The van der Waals surface area contributed by atoms with Crippen LogP contribution in [0.3, 0.4) is 0 Å². The molecule has 0 aromatic rings. The topological polar surface area (TPSA) is 20.2 Å². The van der Waals surface area contributed by atoms with Crippen molar-refractivity contribution in [2.75, 3.05) is 21.1 Å². The third-order valence-corrected chi connectivity index (χ3v) is 2.20. The zero-order valence-corrected chi connectivity index (χ0v) is 8.46. The average Bonchev–Trinajstić information content (AvgIpc) is 1.85. The fourth-order valence-corrected chi connectivity index (χ4v) is 0.843. The van der Waals surface area contributed by atoms with Crippen LogP contribution in [0.1, 0.15) is 26.7 Å². The van der Waals surface area contributed by atoms with Crippen molar-refractivity contribution in [3.63, 3.8) is 0 Å². The van der Waals surface area contributed by atoms with Gasteiger partial charge in [-0.3, -0.25) is 0 Å². The van der Waals surface area contributed by atoms with Crippen LogP contribution >= 0.6 is 0 Å². The molecule has 2 atom stereocenters. The first-order valence-corrected chi connectivity index (χ1v) is 4.37. The van der Waals surface area contributed by atoms with Gasteiger partial charge in [0.2, 0.25) is 0 Å². The van der Waals surface area contributed by atoms with Gasteiger partial charge in [-0.15, -0.1) is 0 Å². The molecule has 2 nitrogen and oxygen atoms in total. The molecule has 11 heavy (non-hydrogen) atoms. The molecule has 0 bridgehead atoms. The monoisotopic (exact) mass is 160 g/mol. The van der Waals surface area contributed by atoms with Crippen molar-refractivity contribution in [3.05, 3.63) is 0 Å². The number of rotatable bonds is 4. The molecular formula is C9H22NO+. The molecule has 2 heteroatoms. The van der Waals surface area contributed by atoms with Crippen LogP contribution in [0.2, 0.25) is 0 Å². The Labute approximate surface area is 70.4 Å². The van der Waals surface area contributed by atoms with E-state index in [0.29, 0.717) is 10.4 Å². The Balaban J connectivity index is 3.77. The van der Waals surface area contributed by atoms with Crippen molar-refractivity contribution in [1.29, 1.82) is 0 Å². The Kier molecular flexibility index (Phi) is 4.04. The van der Waals surface area contributed by atoms with E-state index in [2.05, 4.69) is 13.8 Å². The van der Waals surface area contributed by atoms with Crippen molar-refractivity contribution in [2.45, 2.75) is 32.9 Å². The van der Waals surface area contributed by atoms with E-state index >= 15 is 0 Å². The van der Waals surface area contributed by atoms with Crippen LogP contribution in [0, 0.1) is 5.92 Å². The highest BCUT2D eigenvalue weighted by Gasteiger charge is 2.21. The summed E-state index contributed by atoms with van der Waals surface area (Å²) in [6, 6.07) is 0. The SMILES string of the molecule is CCC(C)CC(O)[N+](C)(C)C. The highest BCUT2D eigenvalue weighted by molar-refractivity contribution is 4.51. The minimum atomic E-state index is -0.218. The zero-order chi connectivity index (χ0) is 9.07. The summed E-state index contributed by atoms with van der Waals surface area (Å²) in [7, 11) is 6.06. The van der Waals surface area contributed by atoms with Crippen LogP contribution < -0.4 is 0 Å². The summed E-state index contributed by atoms with van der Waals surface area (Å²) in [6.45, 7) is 4.34. The van der Waals surface area contributed by atoms with Gasteiger partial charge in [-0.25, -0.2) is 0 Å². The summed E-state index contributed by atoms with van der Waals surface area (Å²) in [4.78, 5) is 0. The summed E-state index contributed by atoms with van der Waals surface area (Å²) in [5.41, 5.74) is 0. The molecular weight excluding hydrogens is 138 g/mol. The quantitative estimate of drug-likeness (QED) is 0.487. The lowest BCUT2D eigenvalue weighted by Crippen LogP contribution is -2.45. The fourth-order valence-electron chi connectivity index (χ4n) is 0.843. The van der Waals surface area contributed by atoms with Gasteiger partial charge in [0.1, 0.15) is 0 Å². The highest BCUT2D eigenvalue weighted by Crippen LogP contribution is 2.13. The van der Waals surface area contributed by atoms with Gasteiger partial charge >= 0.3 is 0 Å². The van der Waals surface area contributed by atoms with Gasteiger partial charge in [-0.1, -0.05) is 20.3 Å². The predicted octanol–water partition coefficient (Wildman–Crippen LogP) is 1.45. The van der Waals surface area contributed by atoms with Crippen LogP contribution in [0.5, 0.6) is 0 Å². The number of aliphatic hydroxyl groups excluding tert-OH is 1. The van der Waals surface area contributed by atoms with Crippen molar-refractivity contribution in [2.24, 2.45) is 5.92 Å². The maximum atomic E-state index is 9.66. The Morgan fingerprint density at radius 1 is 1.27 bits per heavy atom. The minimum absolute atomic E-state index is 0.218. The Morgan fingerprint density at radius 2 is 1.73 bits per heavy atom. The van der Waals surface area contributed by atoms with Crippen LogP contribution in [0.25, 0.3) is 0 Å². The Hall–Kier alpha value is -0.0800. The van der Waals surface area contributed by atoms with E-state index in [9.17, 15) is 5.11 Å². The second-order valence-corrected chi connectivity index (χ2v) is 4.35. The molecule has 0 heterocycles. The summed E-state index contributed by atoms with van der Waals surface area (Å²) < 4.78 is 0.643. The number of quaternary nitrogens is 1. The first-order valence-electron chi connectivity index (χ1n) is 4.37. The third-order valence-electron chi connectivity index (χ3n) is 2.20. The van der Waals surface area contributed by atoms with Crippen LogP contribution in [-0.2, 0) is 0 Å². The largest absolute Gasteiger partial charge is 0.345 e. The number of hydrogen-bond acceptors (Lipinski definition) is 1. The van der Waals surface area contributed by atoms with Crippen molar-refractivity contribution >= 4 is 0 Å².